The van der Waals surface area contributed by atoms with Crippen LogP contribution in [-0.2, 0) is 14.3 Å². The highest BCUT2D eigenvalue weighted by atomic mass is 16.6. The summed E-state index contributed by atoms with van der Waals surface area (Å²) in [6.45, 7) is 5.93. The molecule has 1 aliphatic heterocycles. The molecule has 3 fully saturated rings. The molecule has 3 rings (SSSR count). The predicted octanol–water partition coefficient (Wildman–Crippen LogP) is 1.49. The van der Waals surface area contributed by atoms with Gasteiger partial charge in [0.05, 0.1) is 12.0 Å². The average Bonchev–Trinajstić information content (AvgIpc) is 2.93. The molecule has 1 saturated heterocycles. The number of ether oxygens (including phenoxy) is 1. The van der Waals surface area contributed by atoms with E-state index in [-0.39, 0.29) is 35.4 Å². The van der Waals surface area contributed by atoms with Crippen LogP contribution in [0.3, 0.4) is 0 Å². The Morgan fingerprint density at radius 3 is 2.83 bits per heavy atom. The summed E-state index contributed by atoms with van der Waals surface area (Å²) in [4.78, 5) is 23.9. The largest absolute Gasteiger partial charge is 0.460 e. The van der Waals surface area contributed by atoms with E-state index in [1.54, 1.807) is 0 Å². The number of hydrogen-bond acceptors (Lipinski definition) is 3. The minimum Gasteiger partial charge on any atom is -0.460 e. The van der Waals surface area contributed by atoms with Crippen molar-refractivity contribution >= 4 is 11.9 Å². The van der Waals surface area contributed by atoms with Crippen LogP contribution in [0.1, 0.15) is 40.0 Å². The van der Waals surface area contributed by atoms with E-state index in [1.165, 1.54) is 0 Å². The summed E-state index contributed by atoms with van der Waals surface area (Å²) in [6, 6.07) is 0.0519. The van der Waals surface area contributed by atoms with Gasteiger partial charge in [-0.3, -0.25) is 9.59 Å². The molecule has 5 atom stereocenters. The number of carbonyl (C=O) groups excluding carboxylic acids is 2. The fourth-order valence-corrected chi connectivity index (χ4v) is 3.66. The molecule has 0 aromatic rings. The van der Waals surface area contributed by atoms with Crippen LogP contribution in [0.5, 0.6) is 0 Å². The predicted molar refractivity (Wildman–Crippen MR) is 65.6 cm³/mol. The third-order valence-corrected chi connectivity index (χ3v) is 5.28. The topological polar surface area (TPSA) is 55.4 Å². The van der Waals surface area contributed by atoms with Gasteiger partial charge in [-0.25, -0.2) is 0 Å². The summed E-state index contributed by atoms with van der Waals surface area (Å²) in [7, 11) is 0. The molecule has 1 heterocycles. The maximum absolute atomic E-state index is 12.2. The van der Waals surface area contributed by atoms with Crippen molar-refractivity contribution in [2.24, 2.45) is 23.2 Å². The standard InChI is InChI=1S/C14H21NO3/c1-4-14(2,3)13(17)15-10-7-5-8-9(6-7)12(16)18-11(8)10/h7-11H,4-6H2,1-3H3,(H,15,17). The number of hydrogen-bond donors (Lipinski definition) is 1. The van der Waals surface area contributed by atoms with Gasteiger partial charge >= 0.3 is 5.97 Å². The number of esters is 1. The van der Waals surface area contributed by atoms with Crippen molar-refractivity contribution < 1.29 is 14.3 Å². The number of nitrogens with one attached hydrogen (secondary N) is 1. The van der Waals surface area contributed by atoms with E-state index < -0.39 is 0 Å². The summed E-state index contributed by atoms with van der Waals surface area (Å²) in [6.07, 6.45) is 2.70. The normalized spacial score (nSPS) is 41.1. The van der Waals surface area contributed by atoms with Gasteiger partial charge < -0.3 is 10.1 Å². The zero-order valence-electron chi connectivity index (χ0n) is 11.2. The van der Waals surface area contributed by atoms with Crippen molar-refractivity contribution in [1.29, 1.82) is 0 Å². The van der Waals surface area contributed by atoms with Crippen LogP contribution in [0.4, 0.5) is 0 Å². The van der Waals surface area contributed by atoms with Gasteiger partial charge in [0.2, 0.25) is 5.91 Å². The van der Waals surface area contributed by atoms with Gasteiger partial charge in [-0.05, 0) is 25.2 Å². The molecule has 2 bridgehead atoms. The van der Waals surface area contributed by atoms with Crippen molar-refractivity contribution in [2.75, 3.05) is 0 Å². The average molecular weight is 251 g/mol. The van der Waals surface area contributed by atoms with E-state index in [4.69, 9.17) is 4.74 Å². The molecule has 5 unspecified atom stereocenters. The zero-order valence-corrected chi connectivity index (χ0v) is 11.2. The molecule has 100 valence electrons. The third kappa shape index (κ3) is 1.50. The van der Waals surface area contributed by atoms with Gasteiger partial charge in [0, 0.05) is 11.3 Å². The molecule has 2 saturated carbocycles. The molecule has 0 radical (unpaired) electrons. The molecule has 4 nitrogen and oxygen atoms in total. The molecule has 2 aliphatic carbocycles. The Labute approximate surface area is 107 Å². The van der Waals surface area contributed by atoms with Gasteiger partial charge in [0.15, 0.2) is 0 Å². The first-order chi connectivity index (χ1) is 8.44. The lowest BCUT2D eigenvalue weighted by molar-refractivity contribution is -0.145. The van der Waals surface area contributed by atoms with Crippen LogP contribution in [0, 0.1) is 23.2 Å². The van der Waals surface area contributed by atoms with Crippen LogP contribution < -0.4 is 5.32 Å². The fraction of sp³-hybridized carbons (Fsp3) is 0.857. The van der Waals surface area contributed by atoms with Gasteiger partial charge in [-0.2, -0.15) is 0 Å². The number of rotatable bonds is 3. The zero-order chi connectivity index (χ0) is 13.1. The van der Waals surface area contributed by atoms with E-state index in [0.29, 0.717) is 11.8 Å². The third-order valence-electron chi connectivity index (χ3n) is 5.28. The summed E-state index contributed by atoms with van der Waals surface area (Å²) in [5, 5.41) is 3.13. The summed E-state index contributed by atoms with van der Waals surface area (Å²) in [5.74, 6) is 0.957. The molecular formula is C14H21NO3. The fourth-order valence-electron chi connectivity index (χ4n) is 3.66. The lowest BCUT2D eigenvalue weighted by Gasteiger charge is -2.30. The van der Waals surface area contributed by atoms with Crippen molar-refractivity contribution in [3.05, 3.63) is 0 Å². The van der Waals surface area contributed by atoms with Crippen LogP contribution in [0.15, 0.2) is 0 Å². The molecular weight excluding hydrogens is 230 g/mol. The molecule has 0 spiro atoms. The lowest BCUT2D eigenvalue weighted by Crippen LogP contribution is -2.50. The van der Waals surface area contributed by atoms with Gasteiger partial charge in [-0.15, -0.1) is 0 Å². The van der Waals surface area contributed by atoms with Crippen LogP contribution >= 0.6 is 0 Å². The van der Waals surface area contributed by atoms with Crippen molar-refractivity contribution in [3.8, 4) is 0 Å². The number of amides is 1. The number of carbonyl (C=O) groups is 2. The van der Waals surface area contributed by atoms with Crippen molar-refractivity contribution in [3.63, 3.8) is 0 Å². The van der Waals surface area contributed by atoms with Crippen molar-refractivity contribution in [1.82, 2.24) is 5.32 Å². The van der Waals surface area contributed by atoms with E-state index in [9.17, 15) is 9.59 Å². The maximum Gasteiger partial charge on any atom is 0.309 e. The van der Waals surface area contributed by atoms with Crippen LogP contribution in [0.2, 0.25) is 0 Å². The molecule has 1 N–H and O–H groups in total. The molecule has 1 amide bonds. The molecule has 3 aliphatic rings. The van der Waals surface area contributed by atoms with Gasteiger partial charge in [0.1, 0.15) is 6.10 Å². The highest BCUT2D eigenvalue weighted by molar-refractivity contribution is 5.83. The second-order valence-electron chi connectivity index (χ2n) is 6.64. The Morgan fingerprint density at radius 1 is 1.44 bits per heavy atom. The second-order valence-corrected chi connectivity index (χ2v) is 6.64. The van der Waals surface area contributed by atoms with Gasteiger partial charge in [0.25, 0.3) is 0 Å². The lowest BCUT2D eigenvalue weighted by atomic mass is 9.84. The minimum atomic E-state index is -0.343. The Hall–Kier alpha value is -1.06. The van der Waals surface area contributed by atoms with E-state index in [1.807, 2.05) is 20.8 Å². The quantitative estimate of drug-likeness (QED) is 0.773. The molecule has 18 heavy (non-hydrogen) atoms. The van der Waals surface area contributed by atoms with Crippen LogP contribution in [-0.4, -0.2) is 24.0 Å². The smallest absolute Gasteiger partial charge is 0.309 e. The second kappa shape index (κ2) is 3.72. The van der Waals surface area contributed by atoms with Crippen molar-refractivity contribution in [2.45, 2.75) is 52.2 Å². The SMILES string of the molecule is CCC(C)(C)C(=O)NC1C2CC3C(=O)OC1C3C2. The Balaban J connectivity index is 1.73. The molecule has 0 aromatic carbocycles. The summed E-state index contributed by atoms with van der Waals surface area (Å²) >= 11 is 0. The highest BCUT2D eigenvalue weighted by Gasteiger charge is 2.62. The first-order valence-corrected chi connectivity index (χ1v) is 6.95. The first kappa shape index (κ1) is 12.0. The highest BCUT2D eigenvalue weighted by Crippen LogP contribution is 2.54. The Morgan fingerprint density at radius 2 is 2.17 bits per heavy atom. The Bertz CT molecular complexity index is 404. The molecule has 4 heteroatoms. The van der Waals surface area contributed by atoms with E-state index in [2.05, 4.69) is 5.32 Å². The maximum atomic E-state index is 12.2. The van der Waals surface area contributed by atoms with Crippen LogP contribution in [0.25, 0.3) is 0 Å². The Kier molecular flexibility index (Phi) is 2.48. The summed E-state index contributed by atoms with van der Waals surface area (Å²) < 4.78 is 5.45. The summed E-state index contributed by atoms with van der Waals surface area (Å²) in [5.41, 5.74) is -0.343. The van der Waals surface area contributed by atoms with E-state index in [0.717, 1.165) is 19.3 Å². The van der Waals surface area contributed by atoms with Gasteiger partial charge in [-0.1, -0.05) is 20.8 Å². The monoisotopic (exact) mass is 251 g/mol. The first-order valence-electron chi connectivity index (χ1n) is 6.95. The molecule has 0 aromatic heterocycles. The van der Waals surface area contributed by atoms with E-state index >= 15 is 0 Å². The minimum absolute atomic E-state index is 0.0426. The number of fused-ring (bicyclic) bond motifs is 1.